The van der Waals surface area contributed by atoms with Crippen molar-refractivity contribution in [3.05, 3.63) is 33.1 Å². The zero-order valence-electron chi connectivity index (χ0n) is 7.18. The molecule has 0 amide bonds. The number of nitro groups is 1. The van der Waals surface area contributed by atoms with Crippen molar-refractivity contribution in [2.45, 2.75) is 6.92 Å². The van der Waals surface area contributed by atoms with Gasteiger partial charge in [0.2, 0.25) is 0 Å². The van der Waals surface area contributed by atoms with Crippen LogP contribution in [0.3, 0.4) is 0 Å². The minimum Gasteiger partial charge on any atom is -0.616 e. The molecule has 0 aliphatic heterocycles. The van der Waals surface area contributed by atoms with Crippen molar-refractivity contribution in [3.63, 3.8) is 0 Å². The first-order chi connectivity index (χ1) is 6.06. The molecule has 1 aromatic heterocycles. The Balaban J connectivity index is 3.30. The van der Waals surface area contributed by atoms with Crippen LogP contribution in [0.2, 0.25) is 0 Å². The minimum atomic E-state index is -0.574. The fraction of sp³-hybridized carbons (Fsp3) is 0.286. The van der Waals surface area contributed by atoms with E-state index in [1.54, 1.807) is 0 Å². The highest BCUT2D eigenvalue weighted by Crippen LogP contribution is 2.16. The number of hydrogen-bond donors (Lipinski definition) is 0. The molecule has 6 nitrogen and oxygen atoms in total. The standard InChI is InChI=1S/C7H8N2O4/c1-5-3-6(9(11)12)4-7(13-2)8(5)10/h3-4H,1-2H3. The van der Waals surface area contributed by atoms with E-state index < -0.39 is 4.92 Å². The van der Waals surface area contributed by atoms with Crippen LogP contribution >= 0.6 is 0 Å². The van der Waals surface area contributed by atoms with Gasteiger partial charge in [-0.2, -0.15) is 0 Å². The van der Waals surface area contributed by atoms with Crippen molar-refractivity contribution in [2.24, 2.45) is 0 Å². The first-order valence-corrected chi connectivity index (χ1v) is 3.49. The number of hydrogen-bond acceptors (Lipinski definition) is 4. The van der Waals surface area contributed by atoms with E-state index >= 15 is 0 Å². The average Bonchev–Trinajstić information content (AvgIpc) is 2.09. The summed E-state index contributed by atoms with van der Waals surface area (Å²) in [6, 6.07) is 2.27. The molecule has 0 N–H and O–H groups in total. The zero-order valence-corrected chi connectivity index (χ0v) is 7.18. The summed E-state index contributed by atoms with van der Waals surface area (Å²) in [5.74, 6) is -0.0771. The maximum atomic E-state index is 11.1. The minimum absolute atomic E-state index is 0.0771. The van der Waals surface area contributed by atoms with Gasteiger partial charge in [0.15, 0.2) is 5.69 Å². The van der Waals surface area contributed by atoms with Gasteiger partial charge in [-0.25, -0.2) is 0 Å². The molecule has 0 atom stereocenters. The highest BCUT2D eigenvalue weighted by atomic mass is 16.6. The van der Waals surface area contributed by atoms with Crippen molar-refractivity contribution in [1.82, 2.24) is 0 Å². The van der Waals surface area contributed by atoms with Crippen LogP contribution in [-0.4, -0.2) is 12.0 Å². The van der Waals surface area contributed by atoms with E-state index in [2.05, 4.69) is 4.74 Å². The molecule has 13 heavy (non-hydrogen) atoms. The number of nitrogens with zero attached hydrogens (tertiary/aromatic N) is 2. The van der Waals surface area contributed by atoms with Crippen molar-refractivity contribution in [3.8, 4) is 5.88 Å². The Morgan fingerprint density at radius 3 is 2.62 bits per heavy atom. The van der Waals surface area contributed by atoms with Crippen LogP contribution in [0.15, 0.2) is 12.1 Å². The molecule has 0 unspecified atom stereocenters. The van der Waals surface area contributed by atoms with Gasteiger partial charge in [0.05, 0.1) is 18.1 Å². The summed E-state index contributed by atoms with van der Waals surface area (Å²) in [6.07, 6.45) is 0. The van der Waals surface area contributed by atoms with Gasteiger partial charge in [-0.15, -0.1) is 4.73 Å². The maximum absolute atomic E-state index is 11.1. The highest BCUT2D eigenvalue weighted by Gasteiger charge is 2.17. The summed E-state index contributed by atoms with van der Waals surface area (Å²) >= 11 is 0. The van der Waals surface area contributed by atoms with Gasteiger partial charge in [-0.3, -0.25) is 10.1 Å². The lowest BCUT2D eigenvalue weighted by Crippen LogP contribution is -2.32. The molecule has 1 heterocycles. The lowest BCUT2D eigenvalue weighted by molar-refractivity contribution is -0.619. The Bertz CT molecular complexity index is 351. The van der Waals surface area contributed by atoms with Crippen LogP contribution < -0.4 is 9.47 Å². The first-order valence-electron chi connectivity index (χ1n) is 3.49. The van der Waals surface area contributed by atoms with E-state index in [1.165, 1.54) is 20.1 Å². The molecule has 0 saturated heterocycles. The van der Waals surface area contributed by atoms with Gasteiger partial charge in [0.1, 0.15) is 6.07 Å². The van der Waals surface area contributed by atoms with Crippen LogP contribution in [0, 0.1) is 22.2 Å². The molecular formula is C7H8N2O4. The third-order valence-corrected chi connectivity index (χ3v) is 1.57. The Morgan fingerprint density at radius 1 is 1.54 bits per heavy atom. The number of ether oxygens (including phenoxy) is 1. The quantitative estimate of drug-likeness (QED) is 0.291. The van der Waals surface area contributed by atoms with E-state index in [0.717, 1.165) is 6.07 Å². The topological polar surface area (TPSA) is 79.3 Å². The SMILES string of the molecule is COc1cc([N+](=O)[O-])cc(C)[n+]1[O-]. The van der Waals surface area contributed by atoms with Crippen molar-refractivity contribution in [2.75, 3.05) is 7.11 Å². The van der Waals surface area contributed by atoms with Crippen molar-refractivity contribution < 1.29 is 14.4 Å². The predicted molar refractivity (Wildman–Crippen MR) is 43.3 cm³/mol. The summed E-state index contributed by atoms with van der Waals surface area (Å²) in [7, 11) is 1.28. The second kappa shape index (κ2) is 3.26. The van der Waals surface area contributed by atoms with E-state index in [9.17, 15) is 15.3 Å². The second-order valence-corrected chi connectivity index (χ2v) is 2.45. The maximum Gasteiger partial charge on any atom is 0.386 e. The molecular weight excluding hydrogens is 176 g/mol. The van der Waals surface area contributed by atoms with E-state index in [-0.39, 0.29) is 17.3 Å². The van der Waals surface area contributed by atoms with Crippen LogP contribution in [0.5, 0.6) is 5.88 Å². The van der Waals surface area contributed by atoms with Crippen LogP contribution in [0.4, 0.5) is 5.69 Å². The molecule has 1 aromatic rings. The third kappa shape index (κ3) is 1.66. The Hall–Kier alpha value is -1.85. The fourth-order valence-corrected chi connectivity index (χ4v) is 0.921. The molecule has 70 valence electrons. The van der Waals surface area contributed by atoms with Crippen molar-refractivity contribution in [1.29, 1.82) is 0 Å². The Labute approximate surface area is 74.1 Å². The molecule has 0 bridgehead atoms. The summed E-state index contributed by atoms with van der Waals surface area (Å²) in [5, 5.41) is 21.5. The fourth-order valence-electron chi connectivity index (χ4n) is 0.921. The monoisotopic (exact) mass is 184 g/mol. The number of methoxy groups -OCH3 is 1. The molecule has 0 aromatic carbocycles. The molecule has 0 aliphatic carbocycles. The summed E-state index contributed by atoms with van der Waals surface area (Å²) < 4.78 is 5.16. The van der Waals surface area contributed by atoms with Crippen molar-refractivity contribution >= 4 is 5.69 Å². The van der Waals surface area contributed by atoms with Gasteiger partial charge in [0, 0.05) is 6.92 Å². The molecule has 6 heteroatoms. The smallest absolute Gasteiger partial charge is 0.386 e. The largest absolute Gasteiger partial charge is 0.616 e. The number of aromatic nitrogens is 1. The molecule has 0 fully saturated rings. The number of aryl methyl sites for hydroxylation is 1. The molecule has 0 saturated carbocycles. The average molecular weight is 184 g/mol. The first kappa shape index (κ1) is 9.24. The summed E-state index contributed by atoms with van der Waals surface area (Å²) in [4.78, 5) is 9.80. The zero-order chi connectivity index (χ0) is 10.0. The normalized spacial score (nSPS) is 9.69. The number of pyridine rings is 1. The van der Waals surface area contributed by atoms with Crippen LogP contribution in [0.1, 0.15) is 5.69 Å². The predicted octanol–water partition coefficient (Wildman–Crippen LogP) is 0.545. The lowest BCUT2D eigenvalue weighted by Gasteiger charge is -2.04. The third-order valence-electron chi connectivity index (χ3n) is 1.57. The lowest BCUT2D eigenvalue weighted by atomic mass is 10.3. The van der Waals surface area contributed by atoms with Crippen LogP contribution in [-0.2, 0) is 0 Å². The summed E-state index contributed by atoms with van der Waals surface area (Å²) in [5.41, 5.74) is 0.0764. The number of rotatable bonds is 2. The Kier molecular flexibility index (Phi) is 2.32. The van der Waals surface area contributed by atoms with Gasteiger partial charge in [-0.1, -0.05) is 0 Å². The molecule has 0 radical (unpaired) electrons. The second-order valence-electron chi connectivity index (χ2n) is 2.45. The van der Waals surface area contributed by atoms with Gasteiger partial charge in [-0.05, 0) is 0 Å². The van der Waals surface area contributed by atoms with E-state index in [1.807, 2.05) is 0 Å². The Morgan fingerprint density at radius 2 is 2.15 bits per heavy atom. The van der Waals surface area contributed by atoms with Gasteiger partial charge < -0.3 is 9.94 Å². The summed E-state index contributed by atoms with van der Waals surface area (Å²) in [6.45, 7) is 1.47. The van der Waals surface area contributed by atoms with E-state index in [0.29, 0.717) is 4.73 Å². The van der Waals surface area contributed by atoms with Gasteiger partial charge >= 0.3 is 5.88 Å². The molecule has 1 rings (SSSR count). The van der Waals surface area contributed by atoms with E-state index in [4.69, 9.17) is 0 Å². The highest BCUT2D eigenvalue weighted by molar-refractivity contribution is 5.32. The van der Waals surface area contributed by atoms with Gasteiger partial charge in [0.25, 0.3) is 5.69 Å². The van der Waals surface area contributed by atoms with Crippen LogP contribution in [0.25, 0.3) is 0 Å². The molecule has 0 aliphatic rings. The molecule has 0 spiro atoms.